The van der Waals surface area contributed by atoms with E-state index in [2.05, 4.69) is 10.2 Å². The average Bonchev–Trinajstić information content (AvgIpc) is 3.16. The van der Waals surface area contributed by atoms with Crippen molar-refractivity contribution in [1.82, 2.24) is 15.1 Å². The summed E-state index contributed by atoms with van der Waals surface area (Å²) in [6, 6.07) is 9.81. The SMILES string of the molecule is O=C(C1CCC1)N1CCC(Cc2nnc(-c3ccccc3)o2)C1. The number of carbonyl (C=O) groups is 1. The van der Waals surface area contributed by atoms with Crippen LogP contribution < -0.4 is 0 Å². The van der Waals surface area contributed by atoms with Crippen LogP contribution in [0.2, 0.25) is 0 Å². The molecule has 1 saturated carbocycles. The van der Waals surface area contributed by atoms with Crippen LogP contribution in [0.15, 0.2) is 34.7 Å². The molecule has 1 saturated heterocycles. The zero-order chi connectivity index (χ0) is 15.6. The van der Waals surface area contributed by atoms with Crippen molar-refractivity contribution in [2.45, 2.75) is 32.1 Å². The van der Waals surface area contributed by atoms with Crippen LogP contribution in [0.1, 0.15) is 31.6 Å². The third-order valence-electron chi connectivity index (χ3n) is 5.00. The number of rotatable bonds is 4. The van der Waals surface area contributed by atoms with Gasteiger partial charge in [-0.2, -0.15) is 0 Å². The van der Waals surface area contributed by atoms with Gasteiger partial charge in [-0.1, -0.05) is 24.6 Å². The zero-order valence-corrected chi connectivity index (χ0v) is 13.1. The fourth-order valence-corrected chi connectivity index (χ4v) is 3.39. The lowest BCUT2D eigenvalue weighted by molar-refractivity contribution is -0.137. The number of hydrogen-bond donors (Lipinski definition) is 0. The summed E-state index contributed by atoms with van der Waals surface area (Å²) in [4.78, 5) is 14.3. The van der Waals surface area contributed by atoms with Crippen molar-refractivity contribution in [2.75, 3.05) is 13.1 Å². The fraction of sp³-hybridized carbons (Fsp3) is 0.500. The summed E-state index contributed by atoms with van der Waals surface area (Å²) in [5.74, 6) is 2.33. The van der Waals surface area contributed by atoms with E-state index in [0.29, 0.717) is 29.5 Å². The van der Waals surface area contributed by atoms with Crippen LogP contribution in [0.4, 0.5) is 0 Å². The second kappa shape index (κ2) is 6.14. The van der Waals surface area contributed by atoms with Gasteiger partial charge < -0.3 is 9.32 Å². The van der Waals surface area contributed by atoms with Gasteiger partial charge in [-0.3, -0.25) is 4.79 Å². The van der Waals surface area contributed by atoms with E-state index in [4.69, 9.17) is 4.42 Å². The van der Waals surface area contributed by atoms with Crippen LogP contribution in [0.5, 0.6) is 0 Å². The highest BCUT2D eigenvalue weighted by molar-refractivity contribution is 5.79. The molecule has 0 radical (unpaired) electrons. The van der Waals surface area contributed by atoms with E-state index in [1.807, 2.05) is 35.2 Å². The minimum absolute atomic E-state index is 0.293. The van der Waals surface area contributed by atoms with E-state index in [1.165, 1.54) is 6.42 Å². The molecule has 1 unspecified atom stereocenters. The van der Waals surface area contributed by atoms with E-state index >= 15 is 0 Å². The van der Waals surface area contributed by atoms with Gasteiger partial charge in [-0.05, 0) is 37.3 Å². The number of carbonyl (C=O) groups excluding carboxylic acids is 1. The molecule has 2 fully saturated rings. The molecule has 4 rings (SSSR count). The van der Waals surface area contributed by atoms with Crippen LogP contribution in [0.25, 0.3) is 11.5 Å². The highest BCUT2D eigenvalue weighted by Gasteiger charge is 2.34. The van der Waals surface area contributed by atoms with Crippen LogP contribution in [-0.4, -0.2) is 34.1 Å². The Balaban J connectivity index is 1.36. The van der Waals surface area contributed by atoms with Gasteiger partial charge in [0.05, 0.1) is 0 Å². The van der Waals surface area contributed by atoms with Crippen molar-refractivity contribution in [3.05, 3.63) is 36.2 Å². The predicted molar refractivity (Wildman–Crippen MR) is 85.5 cm³/mol. The second-order valence-corrected chi connectivity index (χ2v) is 6.64. The number of aromatic nitrogens is 2. The molecule has 2 aromatic rings. The molecule has 0 bridgehead atoms. The van der Waals surface area contributed by atoms with Crippen molar-refractivity contribution in [2.24, 2.45) is 11.8 Å². The molecule has 1 aliphatic heterocycles. The summed E-state index contributed by atoms with van der Waals surface area (Å²) < 4.78 is 5.78. The van der Waals surface area contributed by atoms with Crippen LogP contribution in [-0.2, 0) is 11.2 Å². The third-order valence-corrected chi connectivity index (χ3v) is 5.00. The van der Waals surface area contributed by atoms with Crippen molar-refractivity contribution >= 4 is 5.91 Å². The largest absolute Gasteiger partial charge is 0.421 e. The summed E-state index contributed by atoms with van der Waals surface area (Å²) in [6.07, 6.45) is 5.14. The summed E-state index contributed by atoms with van der Waals surface area (Å²) in [7, 11) is 0. The summed E-state index contributed by atoms with van der Waals surface area (Å²) in [5, 5.41) is 8.30. The van der Waals surface area contributed by atoms with Crippen molar-refractivity contribution in [3.63, 3.8) is 0 Å². The Hall–Kier alpha value is -2.17. The van der Waals surface area contributed by atoms with Gasteiger partial charge in [-0.15, -0.1) is 10.2 Å². The Labute approximate surface area is 135 Å². The van der Waals surface area contributed by atoms with Gasteiger partial charge in [0.25, 0.3) is 0 Å². The fourth-order valence-electron chi connectivity index (χ4n) is 3.39. The van der Waals surface area contributed by atoms with Crippen LogP contribution in [0.3, 0.4) is 0 Å². The number of likely N-dealkylation sites (tertiary alicyclic amines) is 1. The lowest BCUT2D eigenvalue weighted by Crippen LogP contribution is -2.37. The molecule has 2 aliphatic rings. The highest BCUT2D eigenvalue weighted by atomic mass is 16.4. The van der Waals surface area contributed by atoms with Crippen molar-refractivity contribution in [1.29, 1.82) is 0 Å². The maximum atomic E-state index is 12.3. The van der Waals surface area contributed by atoms with E-state index < -0.39 is 0 Å². The van der Waals surface area contributed by atoms with Gasteiger partial charge in [0.15, 0.2) is 0 Å². The maximum Gasteiger partial charge on any atom is 0.247 e. The molecule has 2 heterocycles. The van der Waals surface area contributed by atoms with Crippen LogP contribution in [0, 0.1) is 11.8 Å². The molecule has 1 atom stereocenters. The Kier molecular flexibility index (Phi) is 3.85. The molecular formula is C18H21N3O2. The standard InChI is InChI=1S/C18H21N3O2/c22-18(15-7-4-8-15)21-10-9-13(12-21)11-16-19-20-17(23-16)14-5-2-1-3-6-14/h1-3,5-6,13,15H,4,7-12H2. The Morgan fingerprint density at radius 2 is 2.00 bits per heavy atom. The molecule has 5 nitrogen and oxygen atoms in total. The second-order valence-electron chi connectivity index (χ2n) is 6.64. The average molecular weight is 311 g/mol. The number of hydrogen-bond acceptors (Lipinski definition) is 4. The van der Waals surface area contributed by atoms with Crippen molar-refractivity contribution < 1.29 is 9.21 Å². The predicted octanol–water partition coefficient (Wildman–Crippen LogP) is 2.93. The highest BCUT2D eigenvalue weighted by Crippen LogP contribution is 2.31. The Morgan fingerprint density at radius 1 is 1.17 bits per heavy atom. The van der Waals surface area contributed by atoms with Gasteiger partial charge in [-0.25, -0.2) is 0 Å². The van der Waals surface area contributed by atoms with Gasteiger partial charge in [0.2, 0.25) is 17.7 Å². The van der Waals surface area contributed by atoms with Gasteiger partial charge >= 0.3 is 0 Å². The van der Waals surface area contributed by atoms with Crippen LogP contribution >= 0.6 is 0 Å². The quantitative estimate of drug-likeness (QED) is 0.871. The first kappa shape index (κ1) is 14.4. The first-order chi connectivity index (χ1) is 11.3. The molecule has 0 N–H and O–H groups in total. The molecular weight excluding hydrogens is 290 g/mol. The molecule has 1 aromatic heterocycles. The zero-order valence-electron chi connectivity index (χ0n) is 13.1. The van der Waals surface area contributed by atoms with Gasteiger partial charge in [0, 0.05) is 31.0 Å². The number of nitrogens with zero attached hydrogens (tertiary/aromatic N) is 3. The first-order valence-electron chi connectivity index (χ1n) is 8.46. The third kappa shape index (κ3) is 3.00. The van der Waals surface area contributed by atoms with E-state index in [9.17, 15) is 4.79 Å². The minimum atomic E-state index is 0.293. The summed E-state index contributed by atoms with van der Waals surface area (Å²) in [6.45, 7) is 1.71. The Morgan fingerprint density at radius 3 is 2.74 bits per heavy atom. The van der Waals surface area contributed by atoms with E-state index in [1.54, 1.807) is 0 Å². The lowest BCUT2D eigenvalue weighted by atomic mass is 9.84. The monoisotopic (exact) mass is 311 g/mol. The molecule has 1 aliphatic carbocycles. The number of benzene rings is 1. The van der Waals surface area contributed by atoms with Gasteiger partial charge in [0.1, 0.15) is 0 Å². The maximum absolute atomic E-state index is 12.3. The smallest absolute Gasteiger partial charge is 0.247 e. The van der Waals surface area contributed by atoms with Crippen molar-refractivity contribution in [3.8, 4) is 11.5 Å². The van der Waals surface area contributed by atoms with E-state index in [-0.39, 0.29) is 0 Å². The molecule has 1 amide bonds. The molecule has 1 aromatic carbocycles. The molecule has 5 heteroatoms. The first-order valence-corrected chi connectivity index (χ1v) is 8.46. The molecule has 23 heavy (non-hydrogen) atoms. The summed E-state index contributed by atoms with van der Waals surface area (Å²) >= 11 is 0. The lowest BCUT2D eigenvalue weighted by Gasteiger charge is -2.29. The summed E-state index contributed by atoms with van der Waals surface area (Å²) in [5.41, 5.74) is 0.944. The minimum Gasteiger partial charge on any atom is -0.421 e. The topological polar surface area (TPSA) is 59.2 Å². The Bertz CT molecular complexity index is 679. The molecule has 120 valence electrons. The normalized spacial score (nSPS) is 21.4. The molecule has 0 spiro atoms. The number of amides is 1. The van der Waals surface area contributed by atoms with E-state index in [0.717, 1.165) is 44.3 Å².